The highest BCUT2D eigenvalue weighted by molar-refractivity contribution is 5.85. The smallest absolute Gasteiger partial charge is 0.317 e. The molecule has 194 valence electrons. The number of rotatable bonds is 8. The molecule has 13 nitrogen and oxygen atoms in total. The number of nitrogens with one attached hydrogen (secondary N) is 2. The first-order valence-corrected chi connectivity index (χ1v) is 11.1. The Morgan fingerprint density at radius 1 is 1.18 bits per heavy atom. The van der Waals surface area contributed by atoms with E-state index in [0.717, 1.165) is 0 Å². The molecule has 0 spiro atoms. The van der Waals surface area contributed by atoms with Crippen molar-refractivity contribution in [1.82, 2.24) is 19.9 Å². The van der Waals surface area contributed by atoms with Gasteiger partial charge in [0, 0.05) is 11.8 Å². The Labute approximate surface area is 215 Å². The summed E-state index contributed by atoms with van der Waals surface area (Å²) < 4.78 is 30.0. The first-order valence-electron chi connectivity index (χ1n) is 11.1. The summed E-state index contributed by atoms with van der Waals surface area (Å²) in [5.41, 5.74) is 5.71. The average Bonchev–Trinajstić information content (AvgIpc) is 3.37. The van der Waals surface area contributed by atoms with Crippen LogP contribution >= 0.6 is 0 Å². The third-order valence-electron chi connectivity index (χ3n) is 5.64. The van der Waals surface area contributed by atoms with Crippen LogP contribution in [0.15, 0.2) is 36.5 Å². The molecule has 1 aliphatic heterocycles. The molecule has 0 aliphatic carbocycles. The number of aromatic nitrogens is 4. The van der Waals surface area contributed by atoms with E-state index >= 15 is 0 Å². The molecule has 0 radical (unpaired) electrons. The normalized spacial score (nSPS) is 20.6. The van der Waals surface area contributed by atoms with Crippen LogP contribution in [0, 0.1) is 33.9 Å². The van der Waals surface area contributed by atoms with Crippen LogP contribution < -0.4 is 11.1 Å². The van der Waals surface area contributed by atoms with Crippen molar-refractivity contribution in [1.29, 1.82) is 10.5 Å². The van der Waals surface area contributed by atoms with Crippen LogP contribution in [0.5, 0.6) is 0 Å². The van der Waals surface area contributed by atoms with Crippen LogP contribution in [0.4, 0.5) is 10.3 Å². The molecule has 0 atom stereocenters. The second-order valence-electron chi connectivity index (χ2n) is 8.45. The Kier molecular flexibility index (Phi) is 7.29. The second kappa shape index (κ2) is 10.6. The van der Waals surface area contributed by atoms with Crippen LogP contribution in [-0.2, 0) is 29.6 Å². The highest BCUT2D eigenvalue weighted by Crippen LogP contribution is 2.39. The lowest BCUT2D eigenvalue weighted by Crippen LogP contribution is -2.56. The number of nitrogens with two attached hydrogens (primary N) is 1. The number of esters is 1. The Morgan fingerprint density at radius 3 is 2.53 bits per heavy atom. The molecular weight excluding hydrogens is 499 g/mol. The van der Waals surface area contributed by atoms with Crippen molar-refractivity contribution < 1.29 is 28.2 Å². The van der Waals surface area contributed by atoms with Crippen LogP contribution in [-0.4, -0.2) is 58.2 Å². The van der Waals surface area contributed by atoms with Gasteiger partial charge in [-0.2, -0.15) is 10.5 Å². The number of carbonyl (C=O) groups excluding carboxylic acids is 2. The number of aromatic amines is 1. The number of nitriles is 2. The van der Waals surface area contributed by atoms with Crippen LogP contribution in [0.3, 0.4) is 0 Å². The van der Waals surface area contributed by atoms with Gasteiger partial charge in [0.1, 0.15) is 23.8 Å². The molecule has 2 aromatic heterocycles. The van der Waals surface area contributed by atoms with Gasteiger partial charge in [0.25, 0.3) is 5.91 Å². The summed E-state index contributed by atoms with van der Waals surface area (Å²) in [7, 11) is 0. The predicted molar refractivity (Wildman–Crippen MR) is 127 cm³/mol. The average molecular weight is 520 g/mol. The minimum Gasteiger partial charge on any atom is -0.450 e. The maximum atomic E-state index is 13.6. The first kappa shape index (κ1) is 26.2. The van der Waals surface area contributed by atoms with E-state index in [1.807, 2.05) is 6.07 Å². The molecule has 3 aromatic rings. The van der Waals surface area contributed by atoms with Crippen molar-refractivity contribution in [3.8, 4) is 34.8 Å². The largest absolute Gasteiger partial charge is 0.450 e. The number of hydrogen-bond acceptors (Lipinski definition) is 11. The maximum absolute atomic E-state index is 13.6. The molecule has 0 saturated carbocycles. The first-order chi connectivity index (χ1) is 18.2. The molecule has 38 heavy (non-hydrogen) atoms. The number of imidazole rings is 1. The van der Waals surface area contributed by atoms with Crippen molar-refractivity contribution in [3.05, 3.63) is 48.2 Å². The summed E-state index contributed by atoms with van der Waals surface area (Å²) in [5, 5.41) is 20.3. The maximum Gasteiger partial charge on any atom is 0.317 e. The molecule has 14 heteroatoms. The van der Waals surface area contributed by atoms with Gasteiger partial charge >= 0.3 is 11.8 Å². The lowest BCUT2D eigenvalue weighted by Gasteiger charge is -2.40. The number of hydrogen-bond donors (Lipinski definition) is 3. The molecule has 1 aliphatic rings. The number of H-pyrrole nitrogens is 1. The van der Waals surface area contributed by atoms with E-state index in [1.54, 1.807) is 12.1 Å². The van der Waals surface area contributed by atoms with Gasteiger partial charge in [-0.1, -0.05) is 0 Å². The number of halogens is 1. The molecule has 4 rings (SSSR count). The number of ether oxygens (including phenoxy) is 3. The minimum atomic E-state index is -2.21. The van der Waals surface area contributed by atoms with Crippen LogP contribution in [0.25, 0.3) is 22.6 Å². The van der Waals surface area contributed by atoms with E-state index in [-0.39, 0.29) is 37.2 Å². The third-order valence-corrected chi connectivity index (χ3v) is 5.64. The van der Waals surface area contributed by atoms with Crippen molar-refractivity contribution in [3.63, 3.8) is 0 Å². The second-order valence-corrected chi connectivity index (χ2v) is 8.45. The predicted octanol–water partition coefficient (Wildman–Crippen LogP) is 1.37. The highest BCUT2D eigenvalue weighted by atomic mass is 19.1. The zero-order valence-corrected chi connectivity index (χ0v) is 20.0. The Hall–Kier alpha value is -4.92. The Balaban J connectivity index is 1.77. The topological polar surface area (TPSA) is 202 Å². The lowest BCUT2D eigenvalue weighted by atomic mass is 9.91. The molecule has 0 bridgehead atoms. The fourth-order valence-corrected chi connectivity index (χ4v) is 3.62. The number of benzene rings is 1. The van der Waals surface area contributed by atoms with Crippen molar-refractivity contribution in [2.75, 3.05) is 31.7 Å². The number of anilines is 1. The summed E-state index contributed by atoms with van der Waals surface area (Å²) in [6.07, 6.45) is 1.45. The quantitative estimate of drug-likeness (QED) is 0.286. The van der Waals surface area contributed by atoms with Gasteiger partial charge in [0.2, 0.25) is 5.95 Å². The molecular formula is C24H21FN8O5. The number of primary amides is 1. The van der Waals surface area contributed by atoms with Crippen molar-refractivity contribution in [2.45, 2.75) is 12.7 Å². The fourth-order valence-electron chi connectivity index (χ4n) is 3.62. The zero-order chi connectivity index (χ0) is 27.3. The van der Waals surface area contributed by atoms with Gasteiger partial charge in [-0.15, -0.1) is 0 Å². The Morgan fingerprint density at radius 2 is 1.89 bits per heavy atom. The van der Waals surface area contributed by atoms with Crippen molar-refractivity contribution in [2.24, 2.45) is 11.1 Å². The van der Waals surface area contributed by atoms with Gasteiger partial charge in [0.15, 0.2) is 12.4 Å². The number of amides is 1. The monoisotopic (exact) mass is 520 g/mol. The lowest BCUT2D eigenvalue weighted by molar-refractivity contribution is -0.293. The van der Waals surface area contributed by atoms with Gasteiger partial charge in [-0.25, -0.2) is 19.3 Å². The summed E-state index contributed by atoms with van der Waals surface area (Å²) >= 11 is 0. The van der Waals surface area contributed by atoms with Crippen LogP contribution in [0.1, 0.15) is 12.7 Å². The Bertz CT molecular complexity index is 1440. The fraction of sp³-hybridized carbons (Fsp3) is 0.292. The van der Waals surface area contributed by atoms with E-state index in [2.05, 4.69) is 25.3 Å². The summed E-state index contributed by atoms with van der Waals surface area (Å²) in [5.74, 6) is -4.45. The highest BCUT2D eigenvalue weighted by Gasteiger charge is 2.54. The molecule has 1 aromatic carbocycles. The van der Waals surface area contributed by atoms with E-state index in [4.69, 9.17) is 30.5 Å². The summed E-state index contributed by atoms with van der Waals surface area (Å²) in [4.78, 5) is 41.0. The minimum absolute atomic E-state index is 0.0372. The van der Waals surface area contributed by atoms with Gasteiger partial charge in [0.05, 0.1) is 36.4 Å². The standard InChI is InChI=1S/C24H21FN8O5/c1-23(21(35)36-11-8-27)12-37-24(19(28)34,38-13-23)20-32-17(14-2-4-15(25)5-3-14)18(33-20)16-6-9-29-22(31-16)30-10-7-26/h2-6,9H,10-13H2,1H3,(H2,28,34)(H,32,33)(H,29,30,31). The van der Waals surface area contributed by atoms with Gasteiger partial charge in [-0.05, 0) is 37.3 Å². The molecule has 4 N–H and O–H groups in total. The summed E-state index contributed by atoms with van der Waals surface area (Å²) in [6.45, 7) is 0.328. The molecule has 1 fully saturated rings. The molecule has 0 unspecified atom stereocenters. The van der Waals surface area contributed by atoms with Gasteiger partial charge < -0.3 is 30.2 Å². The van der Waals surface area contributed by atoms with Crippen LogP contribution in [0.2, 0.25) is 0 Å². The number of carbonyl (C=O) groups is 2. The molecule has 1 saturated heterocycles. The zero-order valence-electron chi connectivity index (χ0n) is 20.0. The van der Waals surface area contributed by atoms with Crippen molar-refractivity contribution >= 4 is 17.8 Å². The summed E-state index contributed by atoms with van der Waals surface area (Å²) in [6, 6.07) is 10.6. The van der Waals surface area contributed by atoms with E-state index in [9.17, 15) is 14.0 Å². The van der Waals surface area contributed by atoms with Gasteiger partial charge in [-0.3, -0.25) is 9.59 Å². The third kappa shape index (κ3) is 4.99. The molecule has 1 amide bonds. The van der Waals surface area contributed by atoms with E-state index < -0.39 is 35.5 Å². The van der Waals surface area contributed by atoms with E-state index in [1.165, 1.54) is 37.4 Å². The van der Waals surface area contributed by atoms with E-state index in [0.29, 0.717) is 17.0 Å². The molecule has 3 heterocycles. The number of nitrogens with zero attached hydrogens (tertiary/aromatic N) is 5. The SMILES string of the molecule is CC1(C(=O)OCC#N)COC(C(N)=O)(c2nc(-c3ccc(F)cc3)c(-c3ccnc(NCC#N)n3)[nH]2)OC1.